The Kier molecular flexibility index (Phi) is 34.8. The third kappa shape index (κ3) is 25.1. The van der Waals surface area contributed by atoms with Crippen LogP contribution in [0.15, 0.2) is 194 Å². The molecule has 0 amide bonds. The number of aryl methyl sites for hydroxylation is 1. The Hall–Kier alpha value is -10.7. The number of carbonyl (C=O) groups is 10. The maximum atomic E-state index is 11.9. The molecule has 18 nitrogen and oxygen atoms in total. The van der Waals surface area contributed by atoms with Gasteiger partial charge in [0.1, 0.15) is 54.4 Å². The fourth-order valence-electron chi connectivity index (χ4n) is 9.00. The standard InChI is InChI=1S/C13H8O2.C13H10O2.C8H6O3.2C8H8O2.C8H8O.C7H12O2.C6H10O2.C3H6O2/c14-11-7-3-6-9-8-4-1-2-5-10(8)13(15)12(9)11;14-12-9-5-4-8-11(12)13(15)10-6-2-1-3-7-10;9-5-6-3-1-2-4-7(6)8(10)11;1-6(9)7-4-2-3-5-8(7)10;9-6-5-7-3-1-2-4-8(7)10;1-7-4-2-3-5-8(7)6-9;8-5-6-3-1-2-4-7(6)9;7-4-5-2-1-3-6(5)8;4-2-1-3-5/h1-7,14H;1-9,14H;1-5H,(H,10,11);2-5,10H,1H3;1-4,6,10H,5H2;2-6H,1H3;5-7,9H,1-4H2;4-6,8H,1-3H2;2,5H,1,3H2. The molecule has 3 aliphatic carbocycles. The predicted molar refractivity (Wildman–Crippen MR) is 348 cm³/mol. The number of hydrogen-bond acceptors (Lipinski definition) is 17. The SMILES string of the molecule is CC(=O)c1ccccc1O.Cc1ccccc1C=O.O=C(c1ccccc1)c1ccccc1O.O=C1c2ccccc2-c2cccc(O)c21.O=CC1CCCC1O.O=CC1CCCCC1O.O=CCCO.O=CCc1ccccc1O.O=Cc1ccccc1C(=O)O. The van der Waals surface area contributed by atoms with E-state index < -0.39 is 5.97 Å². The highest BCUT2D eigenvalue weighted by Gasteiger charge is 2.29. The molecular weight excluding hydrogens is 1180 g/mol. The number of aromatic carboxylic acids is 1. The number of aromatic hydroxyl groups is 4. The van der Waals surface area contributed by atoms with E-state index in [0.717, 1.165) is 92.3 Å². The fourth-order valence-corrected chi connectivity index (χ4v) is 9.00. The van der Waals surface area contributed by atoms with Crippen molar-refractivity contribution in [1.29, 1.82) is 0 Å². The number of carboxylic acids is 1. The number of fused-ring (bicyclic) bond motifs is 3. The van der Waals surface area contributed by atoms with Crippen LogP contribution in [0.3, 0.4) is 0 Å². The smallest absolute Gasteiger partial charge is 0.336 e. The number of ketones is 3. The first-order valence-electron chi connectivity index (χ1n) is 29.3. The van der Waals surface area contributed by atoms with Gasteiger partial charge in [-0.2, -0.15) is 0 Å². The van der Waals surface area contributed by atoms with Crippen LogP contribution in [0.25, 0.3) is 11.1 Å². The molecule has 480 valence electrons. The predicted octanol–water partition coefficient (Wildman–Crippen LogP) is 11.6. The minimum atomic E-state index is -1.08. The second-order valence-electron chi connectivity index (χ2n) is 20.5. The lowest BCUT2D eigenvalue weighted by Crippen LogP contribution is -2.25. The van der Waals surface area contributed by atoms with Crippen molar-refractivity contribution in [2.75, 3.05) is 6.61 Å². The third-order valence-corrected chi connectivity index (χ3v) is 14.0. The lowest BCUT2D eigenvalue weighted by Gasteiger charge is -2.22. The zero-order valence-electron chi connectivity index (χ0n) is 51.0. The summed E-state index contributed by atoms with van der Waals surface area (Å²) < 4.78 is 0. The average Bonchev–Trinajstić information content (AvgIpc) is 1.64. The van der Waals surface area contributed by atoms with E-state index in [1.165, 1.54) is 31.2 Å². The van der Waals surface area contributed by atoms with Crippen LogP contribution in [-0.2, 0) is 25.6 Å². The number of para-hydroxylation sites is 3. The van der Waals surface area contributed by atoms with Gasteiger partial charge in [-0.1, -0.05) is 171 Å². The summed E-state index contributed by atoms with van der Waals surface area (Å²) in [5, 5.41) is 71.8. The van der Waals surface area contributed by atoms with Gasteiger partial charge in [-0.05, 0) is 98.7 Å². The van der Waals surface area contributed by atoms with Crippen molar-refractivity contribution in [1.82, 2.24) is 0 Å². The number of carbonyl (C=O) groups excluding carboxylic acids is 9. The molecule has 0 aromatic heterocycles. The number of phenols is 4. The van der Waals surface area contributed by atoms with Crippen LogP contribution in [-0.4, -0.2) is 121 Å². The lowest BCUT2D eigenvalue weighted by atomic mass is 9.88. The number of rotatable bonds is 12. The van der Waals surface area contributed by atoms with E-state index in [0.29, 0.717) is 46.0 Å². The highest BCUT2D eigenvalue weighted by atomic mass is 16.4. The molecule has 8 aromatic rings. The Balaban J connectivity index is 0.000000274. The van der Waals surface area contributed by atoms with Gasteiger partial charge in [0.2, 0.25) is 0 Å². The molecule has 0 spiro atoms. The molecule has 8 N–H and O–H groups in total. The molecule has 0 saturated heterocycles. The van der Waals surface area contributed by atoms with E-state index in [2.05, 4.69) is 0 Å². The van der Waals surface area contributed by atoms with Gasteiger partial charge < -0.3 is 60.0 Å². The van der Waals surface area contributed by atoms with E-state index >= 15 is 0 Å². The molecule has 2 fully saturated rings. The van der Waals surface area contributed by atoms with Crippen LogP contribution in [0.5, 0.6) is 23.0 Å². The minimum Gasteiger partial charge on any atom is -0.508 e. The molecule has 2 saturated carbocycles. The summed E-state index contributed by atoms with van der Waals surface area (Å²) in [6.07, 6.45) is 11.0. The number of benzene rings is 8. The van der Waals surface area contributed by atoms with Gasteiger partial charge in [-0.25, -0.2) is 4.79 Å². The van der Waals surface area contributed by atoms with Crippen molar-refractivity contribution >= 4 is 61.0 Å². The molecule has 4 atom stereocenters. The second kappa shape index (κ2) is 42.3. The molecule has 3 aliphatic rings. The second-order valence-corrected chi connectivity index (χ2v) is 20.5. The van der Waals surface area contributed by atoms with E-state index in [4.69, 9.17) is 30.6 Å². The summed E-state index contributed by atoms with van der Waals surface area (Å²) in [5.41, 5.74) is 6.88. The number of carboxylic acid groups (broad SMARTS) is 1. The normalized spacial score (nSPS) is 14.8. The molecular formula is C74H76O18. The van der Waals surface area contributed by atoms with Crippen molar-refractivity contribution < 1.29 is 88.8 Å². The first-order valence-corrected chi connectivity index (χ1v) is 29.3. The number of hydrogen-bond donors (Lipinski definition) is 8. The number of aliphatic hydroxyl groups excluding tert-OH is 3. The van der Waals surface area contributed by atoms with Crippen molar-refractivity contribution in [2.45, 2.75) is 83.8 Å². The van der Waals surface area contributed by atoms with Gasteiger partial charge in [0.15, 0.2) is 23.6 Å². The molecule has 0 radical (unpaired) electrons. The van der Waals surface area contributed by atoms with Crippen LogP contribution < -0.4 is 0 Å². The van der Waals surface area contributed by atoms with E-state index in [-0.39, 0.29) is 95.0 Å². The first-order chi connectivity index (χ1) is 44.3. The molecule has 0 bridgehead atoms. The Morgan fingerprint density at radius 1 is 0.467 bits per heavy atom. The Bertz CT molecular complexity index is 3650. The van der Waals surface area contributed by atoms with Crippen molar-refractivity contribution in [3.8, 4) is 34.1 Å². The van der Waals surface area contributed by atoms with Gasteiger partial charge in [-0.15, -0.1) is 0 Å². The highest BCUT2D eigenvalue weighted by molar-refractivity contribution is 6.23. The fraction of sp³-hybridized carbons (Fsp3) is 0.216. The Labute approximate surface area is 533 Å². The summed E-state index contributed by atoms with van der Waals surface area (Å²) in [5.74, 6) is -1.24. The highest BCUT2D eigenvalue weighted by Crippen LogP contribution is 2.40. The van der Waals surface area contributed by atoms with Crippen LogP contribution in [0.1, 0.15) is 143 Å². The van der Waals surface area contributed by atoms with Gasteiger partial charge in [0, 0.05) is 59.1 Å². The topological polar surface area (TPSA) is 333 Å². The maximum absolute atomic E-state index is 11.9. The van der Waals surface area contributed by atoms with E-state index in [1.807, 2.05) is 61.5 Å². The monoisotopic (exact) mass is 1250 g/mol. The molecule has 11 rings (SSSR count). The summed E-state index contributed by atoms with van der Waals surface area (Å²) in [4.78, 5) is 105. The Morgan fingerprint density at radius 2 is 0.924 bits per heavy atom. The summed E-state index contributed by atoms with van der Waals surface area (Å²) in [7, 11) is 0. The quantitative estimate of drug-likeness (QED) is 0.0416. The number of phenolic OH excluding ortho intramolecular Hbond substituents is 4. The number of aldehydes is 6. The number of Topliss-reactive ketones (excluding diaryl/α,β-unsaturated/α-hetero) is 1. The minimum absolute atomic E-state index is 0.0198. The maximum Gasteiger partial charge on any atom is 0.336 e. The molecule has 18 heteroatoms. The van der Waals surface area contributed by atoms with Crippen LogP contribution in [0, 0.1) is 18.8 Å². The summed E-state index contributed by atoms with van der Waals surface area (Å²) in [6, 6.07) is 54.9. The third-order valence-electron chi connectivity index (χ3n) is 14.0. The van der Waals surface area contributed by atoms with Gasteiger partial charge in [0.05, 0.1) is 34.5 Å². The lowest BCUT2D eigenvalue weighted by molar-refractivity contribution is -0.115. The van der Waals surface area contributed by atoms with Crippen molar-refractivity contribution in [3.63, 3.8) is 0 Å². The zero-order valence-corrected chi connectivity index (χ0v) is 51.0. The van der Waals surface area contributed by atoms with Gasteiger partial charge >= 0.3 is 5.97 Å². The van der Waals surface area contributed by atoms with Crippen LogP contribution >= 0.6 is 0 Å². The van der Waals surface area contributed by atoms with Gasteiger partial charge in [-0.3, -0.25) is 24.0 Å². The zero-order chi connectivity index (χ0) is 67.8. The summed E-state index contributed by atoms with van der Waals surface area (Å²) in [6.45, 7) is 3.32. The summed E-state index contributed by atoms with van der Waals surface area (Å²) >= 11 is 0. The van der Waals surface area contributed by atoms with Crippen LogP contribution in [0.2, 0.25) is 0 Å². The molecule has 4 unspecified atom stereocenters. The largest absolute Gasteiger partial charge is 0.508 e. The average molecular weight is 1250 g/mol. The van der Waals surface area contributed by atoms with Crippen molar-refractivity contribution in [2.24, 2.45) is 11.8 Å². The molecule has 8 aromatic carbocycles. The van der Waals surface area contributed by atoms with Crippen LogP contribution in [0.4, 0.5) is 0 Å². The molecule has 0 aliphatic heterocycles. The number of aliphatic hydroxyl groups is 3. The first kappa shape index (κ1) is 75.6. The Morgan fingerprint density at radius 3 is 1.36 bits per heavy atom. The van der Waals surface area contributed by atoms with E-state index in [9.17, 15) is 58.2 Å². The molecule has 0 heterocycles. The van der Waals surface area contributed by atoms with E-state index in [1.54, 1.807) is 115 Å². The van der Waals surface area contributed by atoms with Gasteiger partial charge in [0.25, 0.3) is 0 Å². The molecule has 92 heavy (non-hydrogen) atoms. The van der Waals surface area contributed by atoms with Crippen molar-refractivity contribution in [3.05, 3.63) is 250 Å².